The lowest BCUT2D eigenvalue weighted by molar-refractivity contribution is 0.0916. The average molecular weight is 335 g/mol. The quantitative estimate of drug-likeness (QED) is 0.797. The first-order chi connectivity index (χ1) is 11.0. The van der Waals surface area contributed by atoms with E-state index in [4.69, 9.17) is 4.74 Å². The fourth-order valence-corrected chi connectivity index (χ4v) is 2.45. The molecule has 23 heavy (non-hydrogen) atoms. The number of hydrogen-bond donors (Lipinski definition) is 2. The average Bonchev–Trinajstić information content (AvgIpc) is 2.59. The molecule has 0 fully saturated rings. The van der Waals surface area contributed by atoms with Crippen LogP contribution in [0.4, 0.5) is 4.39 Å². The number of methoxy groups -OCH3 is 1. The Balaban J connectivity index is 1.96. The maximum Gasteiger partial charge on any atom is 0.251 e. The van der Waals surface area contributed by atoms with E-state index in [1.54, 1.807) is 11.8 Å². The van der Waals surface area contributed by atoms with Gasteiger partial charge < -0.3 is 15.2 Å². The molecule has 0 aliphatic heterocycles. The van der Waals surface area contributed by atoms with Gasteiger partial charge in [-0.05, 0) is 42.2 Å². The van der Waals surface area contributed by atoms with Gasteiger partial charge in [0.2, 0.25) is 0 Å². The van der Waals surface area contributed by atoms with Gasteiger partial charge in [-0.3, -0.25) is 4.79 Å². The van der Waals surface area contributed by atoms with Gasteiger partial charge >= 0.3 is 0 Å². The molecule has 2 aromatic rings. The third-order valence-corrected chi connectivity index (χ3v) is 4.11. The van der Waals surface area contributed by atoms with Crippen LogP contribution in [0, 0.1) is 5.82 Å². The summed E-state index contributed by atoms with van der Waals surface area (Å²) in [4.78, 5) is 13.1. The molecule has 0 saturated carbocycles. The van der Waals surface area contributed by atoms with Crippen molar-refractivity contribution in [1.82, 2.24) is 5.32 Å². The zero-order chi connectivity index (χ0) is 16.8. The molecular weight excluding hydrogens is 317 g/mol. The van der Waals surface area contributed by atoms with Gasteiger partial charge in [-0.2, -0.15) is 0 Å². The van der Waals surface area contributed by atoms with E-state index in [2.05, 4.69) is 5.32 Å². The molecule has 6 heteroatoms. The first kappa shape index (κ1) is 17.3. The molecule has 0 spiro atoms. The van der Waals surface area contributed by atoms with E-state index in [1.165, 1.54) is 19.2 Å². The van der Waals surface area contributed by atoms with Gasteiger partial charge in [0.15, 0.2) is 11.6 Å². The second kappa shape index (κ2) is 7.99. The smallest absolute Gasteiger partial charge is 0.251 e. The molecule has 1 unspecified atom stereocenters. The number of nitrogens with one attached hydrogen (secondary N) is 1. The summed E-state index contributed by atoms with van der Waals surface area (Å²) >= 11 is 1.61. The Bertz CT molecular complexity index is 676. The summed E-state index contributed by atoms with van der Waals surface area (Å²) in [6, 6.07) is 11.4. The van der Waals surface area contributed by atoms with E-state index in [0.717, 1.165) is 11.0 Å². The van der Waals surface area contributed by atoms with Crippen molar-refractivity contribution in [2.24, 2.45) is 0 Å². The van der Waals surface area contributed by atoms with Crippen molar-refractivity contribution in [2.45, 2.75) is 11.0 Å². The molecule has 4 nitrogen and oxygen atoms in total. The van der Waals surface area contributed by atoms with E-state index in [0.29, 0.717) is 5.56 Å². The van der Waals surface area contributed by atoms with Gasteiger partial charge in [0.25, 0.3) is 5.91 Å². The second-order valence-electron chi connectivity index (χ2n) is 4.85. The molecule has 2 aromatic carbocycles. The van der Waals surface area contributed by atoms with Crippen molar-refractivity contribution in [2.75, 3.05) is 19.9 Å². The monoisotopic (exact) mass is 335 g/mol. The number of benzene rings is 2. The number of halogens is 1. The lowest BCUT2D eigenvalue weighted by Crippen LogP contribution is -2.28. The van der Waals surface area contributed by atoms with Crippen molar-refractivity contribution in [3.05, 3.63) is 59.4 Å². The molecule has 1 amide bonds. The Morgan fingerprint density at radius 1 is 1.30 bits per heavy atom. The van der Waals surface area contributed by atoms with E-state index in [1.807, 2.05) is 30.5 Å². The zero-order valence-corrected chi connectivity index (χ0v) is 13.7. The summed E-state index contributed by atoms with van der Waals surface area (Å²) in [6.45, 7) is 0.0467. The number of aliphatic hydroxyl groups is 1. The Hall–Kier alpha value is -2.05. The van der Waals surface area contributed by atoms with Crippen LogP contribution in [0.15, 0.2) is 47.4 Å². The minimum atomic E-state index is -0.821. The molecular formula is C17H18FNO3S. The fraction of sp³-hybridized carbons (Fsp3) is 0.235. The van der Waals surface area contributed by atoms with Crippen LogP contribution in [0.2, 0.25) is 0 Å². The summed E-state index contributed by atoms with van der Waals surface area (Å²) < 4.78 is 18.4. The molecule has 0 aliphatic carbocycles. The molecule has 0 heterocycles. The standard InChI is InChI=1S/C17H18FNO3S/c1-22-16-8-5-12(9-14(16)18)17(21)19-10-15(20)11-3-6-13(23-2)7-4-11/h3-9,15,20H,10H2,1-2H3,(H,19,21). The second-order valence-corrected chi connectivity index (χ2v) is 5.73. The van der Waals surface area contributed by atoms with Gasteiger partial charge in [0.05, 0.1) is 13.2 Å². The van der Waals surface area contributed by atoms with Crippen molar-refractivity contribution < 1.29 is 19.0 Å². The largest absolute Gasteiger partial charge is 0.494 e. The van der Waals surface area contributed by atoms with Crippen molar-refractivity contribution in [3.8, 4) is 5.75 Å². The van der Waals surface area contributed by atoms with Crippen LogP contribution in [-0.2, 0) is 0 Å². The molecule has 0 bridgehead atoms. The number of thioether (sulfide) groups is 1. The topological polar surface area (TPSA) is 58.6 Å². The maximum absolute atomic E-state index is 13.6. The summed E-state index contributed by atoms with van der Waals surface area (Å²) in [5, 5.41) is 12.7. The Morgan fingerprint density at radius 2 is 2.00 bits per heavy atom. The summed E-state index contributed by atoms with van der Waals surface area (Å²) in [7, 11) is 1.36. The zero-order valence-electron chi connectivity index (χ0n) is 12.9. The van der Waals surface area contributed by atoms with Crippen LogP contribution in [0.25, 0.3) is 0 Å². The van der Waals surface area contributed by atoms with E-state index < -0.39 is 17.8 Å². The molecule has 2 N–H and O–H groups in total. The lowest BCUT2D eigenvalue weighted by atomic mass is 10.1. The van der Waals surface area contributed by atoms with Crippen LogP contribution < -0.4 is 10.1 Å². The Labute approximate surface area is 138 Å². The highest BCUT2D eigenvalue weighted by Gasteiger charge is 2.13. The van der Waals surface area contributed by atoms with Crippen LogP contribution in [-0.4, -0.2) is 30.9 Å². The van der Waals surface area contributed by atoms with E-state index in [-0.39, 0.29) is 17.9 Å². The van der Waals surface area contributed by atoms with Crippen LogP contribution in [0.5, 0.6) is 5.75 Å². The molecule has 0 saturated heterocycles. The van der Waals surface area contributed by atoms with E-state index >= 15 is 0 Å². The predicted octanol–water partition coefficient (Wildman–Crippen LogP) is 3.02. The number of aliphatic hydroxyl groups excluding tert-OH is 1. The normalized spacial score (nSPS) is 11.8. The number of carbonyl (C=O) groups excluding carboxylic acids is 1. The minimum absolute atomic E-state index is 0.0467. The molecule has 1 atom stereocenters. The minimum Gasteiger partial charge on any atom is -0.494 e. The fourth-order valence-electron chi connectivity index (χ4n) is 2.04. The molecule has 0 radical (unpaired) electrons. The number of ether oxygens (including phenoxy) is 1. The first-order valence-corrected chi connectivity index (χ1v) is 8.21. The van der Waals surface area contributed by atoms with Crippen LogP contribution in [0.1, 0.15) is 22.0 Å². The van der Waals surface area contributed by atoms with Gasteiger partial charge in [-0.25, -0.2) is 4.39 Å². The highest BCUT2D eigenvalue weighted by atomic mass is 32.2. The van der Waals surface area contributed by atoms with E-state index in [9.17, 15) is 14.3 Å². The number of carbonyl (C=O) groups is 1. The molecule has 0 aromatic heterocycles. The third kappa shape index (κ3) is 4.46. The summed E-state index contributed by atoms with van der Waals surface area (Å²) in [5.74, 6) is -0.977. The highest BCUT2D eigenvalue weighted by molar-refractivity contribution is 7.98. The number of rotatable bonds is 6. The highest BCUT2D eigenvalue weighted by Crippen LogP contribution is 2.20. The third-order valence-electron chi connectivity index (χ3n) is 3.37. The Morgan fingerprint density at radius 3 is 2.57 bits per heavy atom. The van der Waals surface area contributed by atoms with Gasteiger partial charge in [0.1, 0.15) is 0 Å². The molecule has 122 valence electrons. The SMILES string of the molecule is COc1ccc(C(=O)NCC(O)c2ccc(SC)cc2)cc1F. The van der Waals surface area contributed by atoms with Crippen molar-refractivity contribution in [1.29, 1.82) is 0 Å². The lowest BCUT2D eigenvalue weighted by Gasteiger charge is -2.13. The van der Waals surface area contributed by atoms with Crippen LogP contribution in [0.3, 0.4) is 0 Å². The summed E-state index contributed by atoms with van der Waals surface area (Å²) in [6.07, 6.45) is 1.15. The number of amides is 1. The van der Waals surface area contributed by atoms with Gasteiger partial charge in [-0.1, -0.05) is 12.1 Å². The molecule has 2 rings (SSSR count). The maximum atomic E-state index is 13.6. The van der Waals surface area contributed by atoms with Crippen molar-refractivity contribution in [3.63, 3.8) is 0 Å². The summed E-state index contributed by atoms with van der Waals surface area (Å²) in [5.41, 5.74) is 0.886. The van der Waals surface area contributed by atoms with Crippen LogP contribution >= 0.6 is 11.8 Å². The first-order valence-electron chi connectivity index (χ1n) is 6.99. The predicted molar refractivity (Wildman–Crippen MR) is 88.5 cm³/mol. The molecule has 0 aliphatic rings. The van der Waals surface area contributed by atoms with Gasteiger partial charge in [-0.15, -0.1) is 11.8 Å². The Kier molecular flexibility index (Phi) is 6.01. The number of hydrogen-bond acceptors (Lipinski definition) is 4. The van der Waals surface area contributed by atoms with Gasteiger partial charge in [0, 0.05) is 17.0 Å². The van der Waals surface area contributed by atoms with Crippen molar-refractivity contribution >= 4 is 17.7 Å².